The fraction of sp³-hybridized carbons (Fsp3) is 0.267. The van der Waals surface area contributed by atoms with Gasteiger partial charge in [-0.05, 0) is 23.8 Å². The second-order valence-corrected chi connectivity index (χ2v) is 7.27. The van der Waals surface area contributed by atoms with E-state index in [0.717, 1.165) is 16.7 Å². The zero-order valence-corrected chi connectivity index (χ0v) is 14.2. The first-order valence-corrected chi connectivity index (χ1v) is 8.74. The van der Waals surface area contributed by atoms with Crippen LogP contribution >= 0.6 is 11.6 Å². The summed E-state index contributed by atoms with van der Waals surface area (Å²) < 4.78 is 65.6. The number of benzene rings is 1. The first-order valence-electron chi connectivity index (χ1n) is 6.92. The predicted octanol–water partition coefficient (Wildman–Crippen LogP) is 3.96. The Morgan fingerprint density at radius 3 is 2.33 bits per heavy atom. The van der Waals surface area contributed by atoms with Crippen LogP contribution in [0.5, 0.6) is 0 Å². The topological polar surface area (TPSA) is 50.3 Å². The summed E-state index contributed by atoms with van der Waals surface area (Å²) in [6.07, 6.45) is -3.15. The number of hydrogen-bond donors (Lipinski definition) is 0. The fourth-order valence-electron chi connectivity index (χ4n) is 2.12. The van der Waals surface area contributed by atoms with Crippen molar-refractivity contribution >= 4 is 21.6 Å². The van der Waals surface area contributed by atoms with Gasteiger partial charge < -0.3 is 0 Å². The van der Waals surface area contributed by atoms with E-state index in [2.05, 4.69) is 4.98 Å². The number of pyridine rings is 1. The number of rotatable bonds is 5. The Morgan fingerprint density at radius 2 is 1.79 bits per heavy atom. The lowest BCUT2D eigenvalue weighted by atomic mass is 10.2. The maximum atomic E-state index is 13.1. The molecule has 0 aliphatic carbocycles. The first-order chi connectivity index (χ1) is 11.2. The van der Waals surface area contributed by atoms with E-state index in [4.69, 9.17) is 11.6 Å². The lowest BCUT2D eigenvalue weighted by molar-refractivity contribution is -0.140. The van der Waals surface area contributed by atoms with Crippen molar-refractivity contribution in [1.29, 1.82) is 0 Å². The molecular weight excluding hydrogens is 365 g/mol. The highest BCUT2D eigenvalue weighted by atomic mass is 35.5. The minimum Gasteiger partial charge on any atom is -0.263 e. The molecule has 4 nitrogen and oxygen atoms in total. The third-order valence-corrected chi connectivity index (χ3v) is 5.53. The molecule has 0 amide bonds. The van der Waals surface area contributed by atoms with Crippen molar-refractivity contribution in [3.8, 4) is 0 Å². The third kappa shape index (κ3) is 4.06. The first kappa shape index (κ1) is 18.7. The Balaban J connectivity index is 2.42. The summed E-state index contributed by atoms with van der Waals surface area (Å²) in [4.78, 5) is 2.68. The molecule has 130 valence electrons. The molecule has 0 saturated heterocycles. The summed E-state index contributed by atoms with van der Waals surface area (Å²) in [6, 6.07) is 7.07. The minimum atomic E-state index is -4.79. The molecule has 0 bridgehead atoms. The Kier molecular flexibility index (Phi) is 5.52. The second kappa shape index (κ2) is 7.08. The van der Waals surface area contributed by atoms with E-state index in [1.165, 1.54) is 0 Å². The van der Waals surface area contributed by atoms with Gasteiger partial charge in [-0.15, -0.1) is 0 Å². The fourth-order valence-corrected chi connectivity index (χ4v) is 3.84. The smallest absolute Gasteiger partial charge is 0.263 e. The van der Waals surface area contributed by atoms with E-state index in [-0.39, 0.29) is 13.1 Å². The summed E-state index contributed by atoms with van der Waals surface area (Å²) in [5, 5.41) is 0.483. The lowest BCUT2D eigenvalue weighted by Gasteiger charge is -2.22. The zero-order valence-electron chi connectivity index (χ0n) is 12.6. The number of hydrogen-bond acceptors (Lipinski definition) is 3. The van der Waals surface area contributed by atoms with Crippen molar-refractivity contribution < 1.29 is 21.6 Å². The second-order valence-electron chi connectivity index (χ2n) is 4.93. The molecule has 1 aromatic carbocycles. The summed E-state index contributed by atoms with van der Waals surface area (Å²) in [5.41, 5.74) is -0.616. The van der Waals surface area contributed by atoms with Crippen LogP contribution in [-0.2, 0) is 22.7 Å². The van der Waals surface area contributed by atoms with Gasteiger partial charge in [-0.1, -0.05) is 30.7 Å². The molecule has 1 aromatic heterocycles. The van der Waals surface area contributed by atoms with E-state index in [1.807, 2.05) is 0 Å². The van der Waals surface area contributed by atoms with Gasteiger partial charge in [-0.3, -0.25) is 4.98 Å². The number of halogens is 4. The SMILES string of the molecule is CCN(Cc1ccc(Cl)cc1)S(=O)(=O)c1cnccc1C(F)(F)F. The van der Waals surface area contributed by atoms with Gasteiger partial charge in [0.2, 0.25) is 10.0 Å². The number of sulfonamides is 1. The van der Waals surface area contributed by atoms with Crippen molar-refractivity contribution in [3.05, 3.63) is 58.9 Å². The summed E-state index contributed by atoms with van der Waals surface area (Å²) in [7, 11) is -4.36. The van der Waals surface area contributed by atoms with Crippen LogP contribution in [-0.4, -0.2) is 24.3 Å². The third-order valence-electron chi connectivity index (χ3n) is 3.33. The summed E-state index contributed by atoms with van der Waals surface area (Å²) >= 11 is 5.77. The maximum Gasteiger partial charge on any atom is 0.417 e. The highest BCUT2D eigenvalue weighted by Gasteiger charge is 2.39. The van der Waals surface area contributed by atoms with Gasteiger partial charge >= 0.3 is 6.18 Å². The Bertz CT molecular complexity index is 808. The number of aromatic nitrogens is 1. The van der Waals surface area contributed by atoms with Crippen LogP contribution in [0.15, 0.2) is 47.6 Å². The monoisotopic (exact) mass is 378 g/mol. The van der Waals surface area contributed by atoms with Gasteiger partial charge in [0, 0.05) is 30.5 Å². The van der Waals surface area contributed by atoms with E-state index in [0.29, 0.717) is 16.7 Å². The van der Waals surface area contributed by atoms with E-state index in [9.17, 15) is 21.6 Å². The van der Waals surface area contributed by atoms with Crippen LogP contribution in [0.2, 0.25) is 5.02 Å². The van der Waals surface area contributed by atoms with Crippen LogP contribution in [0, 0.1) is 0 Å². The van der Waals surface area contributed by atoms with Gasteiger partial charge in [0.05, 0.1) is 5.56 Å². The molecule has 0 atom stereocenters. The number of nitrogens with zero attached hydrogens (tertiary/aromatic N) is 2. The number of alkyl halides is 3. The maximum absolute atomic E-state index is 13.1. The molecule has 1 heterocycles. The normalized spacial score (nSPS) is 12.6. The van der Waals surface area contributed by atoms with Crippen molar-refractivity contribution in [3.63, 3.8) is 0 Å². The van der Waals surface area contributed by atoms with Crippen LogP contribution in [0.4, 0.5) is 13.2 Å². The van der Waals surface area contributed by atoms with E-state index < -0.39 is 26.7 Å². The molecule has 2 rings (SSSR count). The van der Waals surface area contributed by atoms with Gasteiger partial charge in [0.15, 0.2) is 0 Å². The van der Waals surface area contributed by atoms with Crippen molar-refractivity contribution in [2.45, 2.75) is 24.5 Å². The van der Waals surface area contributed by atoms with Crippen molar-refractivity contribution in [2.75, 3.05) is 6.54 Å². The largest absolute Gasteiger partial charge is 0.417 e. The Morgan fingerprint density at radius 1 is 1.17 bits per heavy atom. The molecule has 2 aromatic rings. The van der Waals surface area contributed by atoms with Gasteiger partial charge in [0.1, 0.15) is 4.90 Å². The Hall–Kier alpha value is -1.64. The van der Waals surface area contributed by atoms with Gasteiger partial charge in [-0.25, -0.2) is 8.42 Å². The van der Waals surface area contributed by atoms with E-state index in [1.54, 1.807) is 31.2 Å². The van der Waals surface area contributed by atoms with Gasteiger partial charge in [-0.2, -0.15) is 17.5 Å². The molecule has 0 spiro atoms. The van der Waals surface area contributed by atoms with Crippen LogP contribution in [0.25, 0.3) is 0 Å². The summed E-state index contributed by atoms with van der Waals surface area (Å²) in [5.74, 6) is 0. The van der Waals surface area contributed by atoms with Crippen molar-refractivity contribution in [1.82, 2.24) is 9.29 Å². The highest BCUT2D eigenvalue weighted by Crippen LogP contribution is 2.34. The molecule has 0 aliphatic heterocycles. The van der Waals surface area contributed by atoms with Crippen LogP contribution in [0.1, 0.15) is 18.1 Å². The molecule has 0 N–H and O–H groups in total. The quantitative estimate of drug-likeness (QED) is 0.791. The molecule has 24 heavy (non-hydrogen) atoms. The highest BCUT2D eigenvalue weighted by molar-refractivity contribution is 7.89. The van der Waals surface area contributed by atoms with E-state index >= 15 is 0 Å². The molecule has 0 unspecified atom stereocenters. The Labute approximate surface area is 142 Å². The zero-order chi connectivity index (χ0) is 18.0. The lowest BCUT2D eigenvalue weighted by Crippen LogP contribution is -2.32. The van der Waals surface area contributed by atoms with Crippen LogP contribution in [0.3, 0.4) is 0 Å². The summed E-state index contributed by atoms with van der Waals surface area (Å²) in [6.45, 7) is 1.50. The average Bonchev–Trinajstić information content (AvgIpc) is 2.53. The molecular formula is C15H14ClF3N2O2S. The molecule has 9 heteroatoms. The molecule has 0 saturated carbocycles. The standard InChI is InChI=1S/C15H14ClF3N2O2S/c1-2-21(10-11-3-5-12(16)6-4-11)24(22,23)14-9-20-8-7-13(14)15(17,18)19/h3-9H,2,10H2,1H3. The molecule has 0 aliphatic rings. The van der Waals surface area contributed by atoms with Crippen LogP contribution < -0.4 is 0 Å². The van der Waals surface area contributed by atoms with Crippen molar-refractivity contribution in [2.24, 2.45) is 0 Å². The minimum absolute atomic E-state index is 0.0111. The molecule has 0 radical (unpaired) electrons. The average molecular weight is 379 g/mol. The van der Waals surface area contributed by atoms with Gasteiger partial charge in [0.25, 0.3) is 0 Å². The predicted molar refractivity (Wildman–Crippen MR) is 84.0 cm³/mol. The molecule has 0 fully saturated rings.